The Morgan fingerprint density at radius 3 is 2.00 bits per heavy atom. The lowest BCUT2D eigenvalue weighted by atomic mass is 9.98. The van der Waals surface area contributed by atoms with E-state index >= 15 is 0 Å². The molecule has 252 valence electrons. The van der Waals surface area contributed by atoms with Crippen LogP contribution in [0.15, 0.2) is 39.5 Å². The lowest BCUT2D eigenvalue weighted by Crippen LogP contribution is -2.61. The van der Waals surface area contributed by atoms with Crippen molar-refractivity contribution in [3.63, 3.8) is 0 Å². The van der Waals surface area contributed by atoms with Crippen molar-refractivity contribution >= 4 is 11.0 Å². The van der Waals surface area contributed by atoms with E-state index in [1.165, 1.54) is 34.3 Å². The summed E-state index contributed by atoms with van der Waals surface area (Å²) in [5.74, 6) is -1.03. The minimum atomic E-state index is -1.89. The van der Waals surface area contributed by atoms with E-state index in [9.17, 15) is 40.5 Å². The van der Waals surface area contributed by atoms with Gasteiger partial charge >= 0.3 is 0 Å². The molecule has 2 aliphatic rings. The minimum Gasteiger partial charge on any atom is -0.501 e. The van der Waals surface area contributed by atoms with Crippen molar-refractivity contribution in [1.82, 2.24) is 0 Å². The molecule has 46 heavy (non-hydrogen) atoms. The summed E-state index contributed by atoms with van der Waals surface area (Å²) in [4.78, 5) is 13.6. The summed E-state index contributed by atoms with van der Waals surface area (Å²) in [6.07, 6.45) is -15.7. The number of phenolic OH excluding ortho intramolecular Hbond substituents is 1. The van der Waals surface area contributed by atoms with Crippen molar-refractivity contribution in [1.29, 1.82) is 0 Å². The number of phenols is 1. The van der Waals surface area contributed by atoms with E-state index in [-0.39, 0.29) is 22.5 Å². The topological polar surface area (TPSA) is 236 Å². The molecule has 0 radical (unpaired) electrons. The molecule has 10 atom stereocenters. The zero-order chi connectivity index (χ0) is 33.4. The first-order chi connectivity index (χ1) is 21.9. The SMILES string of the molecule is COc1ccc(-c2cc(=O)c3c(O[C@@H]4O[C@H](CO[C@@H]5O[C@@H](C)[C@H](O)[C@@H](O)[C@H]5O)[C@@H](O)[C@H](O)[C@H]4O)c(OC)c(O)c(OC)c3o2)cc1. The fourth-order valence-electron chi connectivity index (χ4n) is 5.30. The van der Waals surface area contributed by atoms with Gasteiger partial charge in [-0.3, -0.25) is 4.79 Å². The van der Waals surface area contributed by atoms with E-state index in [1.54, 1.807) is 24.3 Å². The van der Waals surface area contributed by atoms with Crippen molar-refractivity contribution < 1.29 is 73.3 Å². The summed E-state index contributed by atoms with van der Waals surface area (Å²) in [5, 5.41) is 73.1. The van der Waals surface area contributed by atoms with Crippen LogP contribution in [0, 0.1) is 0 Å². The summed E-state index contributed by atoms with van der Waals surface area (Å²) >= 11 is 0. The molecular formula is C30H36O16. The molecule has 16 heteroatoms. The summed E-state index contributed by atoms with van der Waals surface area (Å²) in [6.45, 7) is 0.895. The monoisotopic (exact) mass is 652 g/mol. The van der Waals surface area contributed by atoms with Gasteiger partial charge in [0.05, 0.1) is 34.0 Å². The molecule has 5 rings (SSSR count). The van der Waals surface area contributed by atoms with Crippen LogP contribution in [0.5, 0.6) is 28.7 Å². The van der Waals surface area contributed by atoms with Crippen molar-refractivity contribution in [2.75, 3.05) is 27.9 Å². The molecule has 0 spiro atoms. The Bertz CT molecular complexity index is 1570. The first-order valence-corrected chi connectivity index (χ1v) is 14.2. The fraction of sp³-hybridized carbons (Fsp3) is 0.500. The number of aliphatic hydroxyl groups excluding tert-OH is 6. The quantitative estimate of drug-likeness (QED) is 0.150. The summed E-state index contributed by atoms with van der Waals surface area (Å²) in [5.41, 5.74) is -0.407. The van der Waals surface area contributed by atoms with Gasteiger partial charge in [-0.15, -0.1) is 0 Å². The highest BCUT2D eigenvalue weighted by atomic mass is 16.7. The second-order valence-electron chi connectivity index (χ2n) is 10.8. The van der Waals surface area contributed by atoms with Crippen LogP contribution >= 0.6 is 0 Å². The van der Waals surface area contributed by atoms with E-state index in [2.05, 4.69) is 0 Å². The smallest absolute Gasteiger partial charge is 0.229 e. The average Bonchev–Trinajstić information content (AvgIpc) is 3.05. The first kappa shape index (κ1) is 33.6. The maximum Gasteiger partial charge on any atom is 0.229 e. The van der Waals surface area contributed by atoms with Gasteiger partial charge in [0.1, 0.15) is 59.6 Å². The Labute approximate surface area is 261 Å². The molecule has 2 aliphatic heterocycles. The minimum absolute atomic E-state index is 0.109. The third-order valence-corrected chi connectivity index (χ3v) is 7.94. The maximum atomic E-state index is 13.6. The Kier molecular flexibility index (Phi) is 9.92. The zero-order valence-electron chi connectivity index (χ0n) is 25.2. The molecule has 7 N–H and O–H groups in total. The first-order valence-electron chi connectivity index (χ1n) is 14.2. The lowest BCUT2D eigenvalue weighted by Gasteiger charge is -2.42. The molecule has 3 heterocycles. The van der Waals surface area contributed by atoms with Crippen LogP contribution < -0.4 is 24.4 Å². The lowest BCUT2D eigenvalue weighted by molar-refractivity contribution is -0.318. The van der Waals surface area contributed by atoms with Gasteiger partial charge in [-0.1, -0.05) is 0 Å². The Morgan fingerprint density at radius 2 is 1.37 bits per heavy atom. The van der Waals surface area contributed by atoms with Gasteiger partial charge in [0.15, 0.2) is 23.1 Å². The molecule has 3 aromatic rings. The van der Waals surface area contributed by atoms with E-state index in [0.717, 1.165) is 0 Å². The number of methoxy groups -OCH3 is 3. The molecule has 0 aliphatic carbocycles. The van der Waals surface area contributed by atoms with Gasteiger partial charge in [0.2, 0.25) is 23.5 Å². The highest BCUT2D eigenvalue weighted by Gasteiger charge is 2.48. The predicted molar refractivity (Wildman–Crippen MR) is 155 cm³/mol. The summed E-state index contributed by atoms with van der Waals surface area (Å²) < 4.78 is 44.3. The molecule has 0 bridgehead atoms. The molecule has 2 fully saturated rings. The van der Waals surface area contributed by atoms with Gasteiger partial charge in [-0.05, 0) is 31.2 Å². The molecule has 0 unspecified atom stereocenters. The highest BCUT2D eigenvalue weighted by Crippen LogP contribution is 2.50. The second-order valence-corrected chi connectivity index (χ2v) is 10.8. The summed E-state index contributed by atoms with van der Waals surface area (Å²) in [6, 6.07) is 7.79. The second kappa shape index (κ2) is 13.6. The number of fused-ring (bicyclic) bond motifs is 1. The zero-order valence-corrected chi connectivity index (χ0v) is 25.2. The molecule has 1 aromatic heterocycles. The number of benzene rings is 2. The molecule has 2 saturated heterocycles. The van der Waals surface area contributed by atoms with Crippen LogP contribution in [0.4, 0.5) is 0 Å². The van der Waals surface area contributed by atoms with Gasteiger partial charge in [0, 0.05) is 11.6 Å². The normalized spacial score (nSPS) is 31.4. The number of ether oxygens (including phenoxy) is 7. The third kappa shape index (κ3) is 6.06. The number of aliphatic hydroxyl groups is 6. The molecule has 16 nitrogen and oxygen atoms in total. The maximum absolute atomic E-state index is 13.6. The van der Waals surface area contributed by atoms with E-state index in [4.69, 9.17) is 37.6 Å². The third-order valence-electron chi connectivity index (χ3n) is 7.94. The molecule has 0 amide bonds. The van der Waals surface area contributed by atoms with E-state index in [0.29, 0.717) is 11.3 Å². The van der Waals surface area contributed by atoms with Gasteiger partial charge in [0.25, 0.3) is 0 Å². The van der Waals surface area contributed by atoms with Crippen molar-refractivity contribution in [3.8, 4) is 40.1 Å². The van der Waals surface area contributed by atoms with Crippen molar-refractivity contribution in [2.45, 2.75) is 68.3 Å². The number of hydrogen-bond donors (Lipinski definition) is 7. The van der Waals surface area contributed by atoms with E-state index in [1.807, 2.05) is 0 Å². The van der Waals surface area contributed by atoms with Crippen LogP contribution in [0.3, 0.4) is 0 Å². The molecule has 0 saturated carbocycles. The van der Waals surface area contributed by atoms with Crippen LogP contribution in [0.1, 0.15) is 6.92 Å². The van der Waals surface area contributed by atoms with Gasteiger partial charge in [-0.25, -0.2) is 0 Å². The van der Waals surface area contributed by atoms with Crippen molar-refractivity contribution in [2.24, 2.45) is 0 Å². The Balaban J connectivity index is 1.49. The number of aromatic hydroxyl groups is 1. The standard InChI is InChI=1S/C30H36O16/c1-11-18(32)20(34)22(36)29(43-11)42-10-16-19(33)21(35)23(37)30(45-16)46-26-17-14(31)9-15(12-5-7-13(39-2)8-6-12)44-25(17)27(40-3)24(38)28(26)41-4/h5-9,11,16,18-23,29-30,32-38H,10H2,1-4H3/t11-,16+,18-,19+,20+,21-,22+,23+,29+,30-/m0/s1. The van der Waals surface area contributed by atoms with Crippen LogP contribution in [-0.2, 0) is 14.2 Å². The number of hydrogen-bond acceptors (Lipinski definition) is 16. The largest absolute Gasteiger partial charge is 0.501 e. The Hall–Kier alpha value is -3.71. The van der Waals surface area contributed by atoms with Crippen LogP contribution in [0.25, 0.3) is 22.3 Å². The number of rotatable bonds is 9. The van der Waals surface area contributed by atoms with Crippen LogP contribution in [-0.4, -0.2) is 125 Å². The van der Waals surface area contributed by atoms with Gasteiger partial charge < -0.3 is 73.3 Å². The van der Waals surface area contributed by atoms with E-state index < -0.39 is 90.7 Å². The molecule has 2 aromatic carbocycles. The summed E-state index contributed by atoms with van der Waals surface area (Å²) in [7, 11) is 3.91. The highest BCUT2D eigenvalue weighted by molar-refractivity contribution is 5.95. The fourth-order valence-corrected chi connectivity index (χ4v) is 5.30. The Morgan fingerprint density at radius 1 is 0.739 bits per heavy atom. The van der Waals surface area contributed by atoms with Crippen molar-refractivity contribution in [3.05, 3.63) is 40.6 Å². The average molecular weight is 653 g/mol. The van der Waals surface area contributed by atoms with Gasteiger partial charge in [-0.2, -0.15) is 0 Å². The molecular weight excluding hydrogens is 616 g/mol. The van der Waals surface area contributed by atoms with Crippen LogP contribution in [0.2, 0.25) is 0 Å². The predicted octanol–water partition coefficient (Wildman–Crippen LogP) is -0.778.